The molecule has 2 heterocycles. The number of hydrogen-bond acceptors (Lipinski definition) is 4. The third-order valence-corrected chi connectivity index (χ3v) is 6.21. The number of hydrogen-bond donors (Lipinski definition) is 0. The van der Waals surface area contributed by atoms with Crippen LogP contribution >= 0.6 is 23.1 Å². The highest BCUT2D eigenvalue weighted by atomic mass is 32.2. The zero-order valence-electron chi connectivity index (χ0n) is 10.9. The van der Waals surface area contributed by atoms with Crippen molar-refractivity contribution < 1.29 is 0 Å². The second-order valence-electron chi connectivity index (χ2n) is 5.02. The van der Waals surface area contributed by atoms with Crippen LogP contribution in [0.2, 0.25) is 0 Å². The van der Waals surface area contributed by atoms with E-state index in [1.807, 2.05) is 11.8 Å². The molecule has 2 aromatic heterocycles. The monoisotopic (exact) mass is 278 g/mol. The molecule has 4 heteroatoms. The van der Waals surface area contributed by atoms with Crippen molar-refractivity contribution >= 4 is 33.3 Å². The molecule has 0 saturated heterocycles. The normalized spacial score (nSPS) is 17.4. The molecule has 1 fully saturated rings. The molecule has 0 N–H and O–H groups in total. The standard InChI is InChI=1S/C14H18N2S2/c1-9-10(2)17-13-12(9)14(16-8-15-13)18-11-6-4-3-5-7-11/h8,11H,3-7H2,1-2H3. The van der Waals surface area contributed by atoms with Crippen molar-refractivity contribution in [2.24, 2.45) is 0 Å². The number of fused-ring (bicyclic) bond motifs is 1. The first-order valence-electron chi connectivity index (χ1n) is 6.63. The van der Waals surface area contributed by atoms with Crippen LogP contribution in [-0.2, 0) is 0 Å². The van der Waals surface area contributed by atoms with Crippen LogP contribution < -0.4 is 0 Å². The maximum Gasteiger partial charge on any atom is 0.128 e. The minimum absolute atomic E-state index is 0.761. The van der Waals surface area contributed by atoms with Gasteiger partial charge in [0.15, 0.2) is 0 Å². The zero-order chi connectivity index (χ0) is 12.5. The molecule has 2 aromatic rings. The van der Waals surface area contributed by atoms with E-state index in [4.69, 9.17) is 0 Å². The van der Waals surface area contributed by atoms with Crippen LogP contribution in [0.3, 0.4) is 0 Å². The second kappa shape index (κ2) is 5.17. The fraction of sp³-hybridized carbons (Fsp3) is 0.571. The lowest BCUT2D eigenvalue weighted by Gasteiger charge is -2.20. The van der Waals surface area contributed by atoms with E-state index in [9.17, 15) is 0 Å². The molecule has 2 nitrogen and oxygen atoms in total. The van der Waals surface area contributed by atoms with Crippen LogP contribution in [0.4, 0.5) is 0 Å². The molecule has 18 heavy (non-hydrogen) atoms. The Morgan fingerprint density at radius 1 is 1.17 bits per heavy atom. The van der Waals surface area contributed by atoms with Gasteiger partial charge in [0.05, 0.1) is 0 Å². The molecule has 0 unspecified atom stereocenters. The summed E-state index contributed by atoms with van der Waals surface area (Å²) in [5, 5.41) is 3.26. The van der Waals surface area contributed by atoms with Gasteiger partial charge in [0.2, 0.25) is 0 Å². The summed E-state index contributed by atoms with van der Waals surface area (Å²) < 4.78 is 0. The molecular weight excluding hydrogens is 260 g/mol. The zero-order valence-corrected chi connectivity index (χ0v) is 12.5. The van der Waals surface area contributed by atoms with Crippen LogP contribution in [-0.4, -0.2) is 15.2 Å². The summed E-state index contributed by atoms with van der Waals surface area (Å²) in [6, 6.07) is 0. The van der Waals surface area contributed by atoms with Gasteiger partial charge in [-0.3, -0.25) is 0 Å². The van der Waals surface area contributed by atoms with E-state index in [1.165, 1.54) is 53.0 Å². The first kappa shape index (κ1) is 12.4. The lowest BCUT2D eigenvalue weighted by Crippen LogP contribution is -2.08. The van der Waals surface area contributed by atoms with Crippen LogP contribution in [0.15, 0.2) is 11.4 Å². The van der Waals surface area contributed by atoms with Crippen molar-refractivity contribution in [3.05, 3.63) is 16.8 Å². The maximum absolute atomic E-state index is 4.53. The summed E-state index contributed by atoms with van der Waals surface area (Å²) in [6.45, 7) is 4.37. The Labute approximate surface area is 116 Å². The Balaban J connectivity index is 1.95. The largest absolute Gasteiger partial charge is 0.229 e. The Morgan fingerprint density at radius 3 is 2.72 bits per heavy atom. The van der Waals surface area contributed by atoms with Crippen LogP contribution in [0.1, 0.15) is 42.5 Å². The van der Waals surface area contributed by atoms with Crippen LogP contribution in [0.5, 0.6) is 0 Å². The van der Waals surface area contributed by atoms with Gasteiger partial charge in [-0.25, -0.2) is 9.97 Å². The summed E-state index contributed by atoms with van der Waals surface area (Å²) in [7, 11) is 0. The van der Waals surface area contributed by atoms with Gasteiger partial charge in [0.25, 0.3) is 0 Å². The molecular formula is C14H18N2S2. The summed E-state index contributed by atoms with van der Waals surface area (Å²) >= 11 is 3.77. The number of thioether (sulfide) groups is 1. The molecule has 0 aromatic carbocycles. The second-order valence-corrected chi connectivity index (χ2v) is 7.51. The first-order chi connectivity index (χ1) is 8.75. The summed E-state index contributed by atoms with van der Waals surface area (Å²) in [5.74, 6) is 0. The predicted octanol–water partition coefficient (Wildman–Crippen LogP) is 4.73. The van der Waals surface area contributed by atoms with Gasteiger partial charge in [-0.1, -0.05) is 19.3 Å². The number of thiophene rings is 1. The quantitative estimate of drug-likeness (QED) is 0.742. The van der Waals surface area contributed by atoms with E-state index in [-0.39, 0.29) is 0 Å². The van der Waals surface area contributed by atoms with Crippen LogP contribution in [0.25, 0.3) is 10.2 Å². The highest BCUT2D eigenvalue weighted by molar-refractivity contribution is 8.00. The topological polar surface area (TPSA) is 25.8 Å². The fourth-order valence-corrected chi connectivity index (χ4v) is 5.00. The Kier molecular flexibility index (Phi) is 3.57. The smallest absolute Gasteiger partial charge is 0.128 e. The lowest BCUT2D eigenvalue weighted by molar-refractivity contribution is 0.516. The lowest BCUT2D eigenvalue weighted by atomic mass is 10.0. The van der Waals surface area contributed by atoms with E-state index in [1.54, 1.807) is 17.7 Å². The minimum Gasteiger partial charge on any atom is -0.229 e. The van der Waals surface area contributed by atoms with Gasteiger partial charge in [0, 0.05) is 15.5 Å². The fourth-order valence-electron chi connectivity index (χ4n) is 2.58. The van der Waals surface area contributed by atoms with Crippen molar-refractivity contribution in [3.8, 4) is 0 Å². The average Bonchev–Trinajstić information content (AvgIpc) is 2.67. The van der Waals surface area contributed by atoms with E-state index in [0.717, 1.165) is 10.1 Å². The SMILES string of the molecule is Cc1sc2ncnc(SC3CCCCC3)c2c1C. The van der Waals surface area contributed by atoms with Gasteiger partial charge in [-0.15, -0.1) is 23.1 Å². The van der Waals surface area contributed by atoms with Gasteiger partial charge in [0.1, 0.15) is 16.2 Å². The summed E-state index contributed by atoms with van der Waals surface area (Å²) in [6.07, 6.45) is 8.59. The summed E-state index contributed by atoms with van der Waals surface area (Å²) in [5.41, 5.74) is 1.37. The van der Waals surface area contributed by atoms with Gasteiger partial charge in [-0.2, -0.15) is 0 Å². The van der Waals surface area contributed by atoms with Crippen molar-refractivity contribution in [2.75, 3.05) is 0 Å². The Hall–Kier alpha value is -0.610. The number of rotatable bonds is 2. The van der Waals surface area contributed by atoms with Crippen molar-refractivity contribution in [3.63, 3.8) is 0 Å². The highest BCUT2D eigenvalue weighted by Crippen LogP contribution is 2.39. The highest BCUT2D eigenvalue weighted by Gasteiger charge is 2.19. The Bertz CT molecular complexity index is 556. The van der Waals surface area contributed by atoms with E-state index < -0.39 is 0 Å². The molecule has 1 saturated carbocycles. The Morgan fingerprint density at radius 2 is 1.94 bits per heavy atom. The molecule has 96 valence electrons. The predicted molar refractivity (Wildman–Crippen MR) is 79.6 cm³/mol. The number of nitrogens with zero attached hydrogens (tertiary/aromatic N) is 2. The minimum atomic E-state index is 0.761. The first-order valence-corrected chi connectivity index (χ1v) is 8.32. The van der Waals surface area contributed by atoms with E-state index in [0.29, 0.717) is 0 Å². The van der Waals surface area contributed by atoms with Gasteiger partial charge < -0.3 is 0 Å². The maximum atomic E-state index is 4.53. The molecule has 0 spiro atoms. The molecule has 3 rings (SSSR count). The number of aryl methyl sites for hydroxylation is 2. The van der Waals surface area contributed by atoms with Crippen molar-refractivity contribution in [2.45, 2.75) is 56.2 Å². The third-order valence-electron chi connectivity index (χ3n) is 3.76. The van der Waals surface area contributed by atoms with Crippen LogP contribution in [0, 0.1) is 13.8 Å². The average molecular weight is 278 g/mol. The third kappa shape index (κ3) is 2.28. The van der Waals surface area contributed by atoms with Crippen molar-refractivity contribution in [1.82, 2.24) is 9.97 Å². The van der Waals surface area contributed by atoms with E-state index in [2.05, 4.69) is 23.8 Å². The summed E-state index contributed by atoms with van der Waals surface area (Å²) in [4.78, 5) is 11.5. The number of aromatic nitrogens is 2. The van der Waals surface area contributed by atoms with Gasteiger partial charge in [-0.05, 0) is 32.3 Å². The molecule has 0 atom stereocenters. The van der Waals surface area contributed by atoms with Gasteiger partial charge >= 0.3 is 0 Å². The molecule has 1 aliphatic carbocycles. The van der Waals surface area contributed by atoms with Crippen molar-refractivity contribution in [1.29, 1.82) is 0 Å². The molecule has 0 amide bonds. The molecule has 0 bridgehead atoms. The molecule has 0 aliphatic heterocycles. The molecule has 0 radical (unpaired) electrons. The molecule has 1 aliphatic rings. The van der Waals surface area contributed by atoms with E-state index >= 15 is 0 Å².